The second-order valence-corrected chi connectivity index (χ2v) is 5.61. The highest BCUT2D eigenvalue weighted by molar-refractivity contribution is 5.85. The third-order valence-corrected chi connectivity index (χ3v) is 3.78. The van der Waals surface area contributed by atoms with E-state index in [1.807, 2.05) is 6.20 Å². The Morgan fingerprint density at radius 1 is 1.30 bits per heavy atom. The molecule has 114 valence electrons. The molecule has 0 bridgehead atoms. The average molecular weight is 299 g/mol. The molecule has 2 heterocycles. The maximum Gasteiger partial charge on any atom is 0.128 e. The van der Waals surface area contributed by atoms with E-state index in [4.69, 9.17) is 0 Å². The highest BCUT2D eigenvalue weighted by atomic mass is 35.5. The fraction of sp³-hybridized carbons (Fsp3) is 0.667. The van der Waals surface area contributed by atoms with Crippen molar-refractivity contribution in [2.24, 2.45) is 0 Å². The molecule has 0 unspecified atom stereocenters. The van der Waals surface area contributed by atoms with E-state index >= 15 is 0 Å². The third kappa shape index (κ3) is 4.93. The molecule has 1 aliphatic rings. The van der Waals surface area contributed by atoms with E-state index in [1.54, 1.807) is 0 Å². The number of halogens is 1. The molecular weight excluding hydrogens is 272 g/mol. The normalized spacial score (nSPS) is 16.6. The molecule has 2 rings (SSSR count). The summed E-state index contributed by atoms with van der Waals surface area (Å²) in [6, 6.07) is 4.82. The number of hydrogen-bond acceptors (Lipinski definition) is 4. The van der Waals surface area contributed by atoms with E-state index in [1.165, 1.54) is 18.5 Å². The van der Waals surface area contributed by atoms with Crippen LogP contribution in [0.4, 0.5) is 5.82 Å². The summed E-state index contributed by atoms with van der Waals surface area (Å²) in [6.07, 6.45) is 3.26. The first kappa shape index (κ1) is 17.2. The number of nitrogens with zero attached hydrogens (tertiary/aromatic N) is 3. The van der Waals surface area contributed by atoms with Crippen LogP contribution in [0.3, 0.4) is 0 Å². The van der Waals surface area contributed by atoms with Gasteiger partial charge in [0, 0.05) is 38.9 Å². The maximum atomic E-state index is 4.57. The molecule has 0 aromatic carbocycles. The topological polar surface area (TPSA) is 31.4 Å². The van der Waals surface area contributed by atoms with Crippen LogP contribution < -0.4 is 10.2 Å². The first-order valence-electron chi connectivity index (χ1n) is 7.27. The van der Waals surface area contributed by atoms with E-state index in [0.29, 0.717) is 6.04 Å². The van der Waals surface area contributed by atoms with Gasteiger partial charge in [0.05, 0.1) is 0 Å². The SMILES string of the molecule is CC(C)N(C)c1ccc(CN2CCCNCC2)cn1.Cl. The van der Waals surface area contributed by atoms with Crippen molar-refractivity contribution in [1.29, 1.82) is 0 Å². The Kier molecular flexibility index (Phi) is 7.27. The number of aromatic nitrogens is 1. The first-order valence-corrected chi connectivity index (χ1v) is 7.27. The number of nitrogens with one attached hydrogen (secondary N) is 1. The fourth-order valence-corrected chi connectivity index (χ4v) is 2.30. The lowest BCUT2D eigenvalue weighted by Crippen LogP contribution is -2.28. The summed E-state index contributed by atoms with van der Waals surface area (Å²) >= 11 is 0. The van der Waals surface area contributed by atoms with E-state index in [0.717, 1.165) is 32.0 Å². The lowest BCUT2D eigenvalue weighted by atomic mass is 10.2. The number of hydrogen-bond donors (Lipinski definition) is 1. The molecule has 5 heteroatoms. The van der Waals surface area contributed by atoms with Gasteiger partial charge in [0.25, 0.3) is 0 Å². The molecular formula is C15H27ClN4. The molecule has 1 aromatic rings. The van der Waals surface area contributed by atoms with Crippen molar-refractivity contribution in [3.05, 3.63) is 23.9 Å². The van der Waals surface area contributed by atoms with Crippen LogP contribution in [0.5, 0.6) is 0 Å². The van der Waals surface area contributed by atoms with Crippen molar-refractivity contribution < 1.29 is 0 Å². The summed E-state index contributed by atoms with van der Waals surface area (Å²) in [4.78, 5) is 9.27. The van der Waals surface area contributed by atoms with Gasteiger partial charge in [0.15, 0.2) is 0 Å². The van der Waals surface area contributed by atoms with Gasteiger partial charge in [-0.3, -0.25) is 4.90 Å². The lowest BCUT2D eigenvalue weighted by molar-refractivity contribution is 0.284. The average Bonchev–Trinajstić information content (AvgIpc) is 2.67. The van der Waals surface area contributed by atoms with Gasteiger partial charge in [-0.05, 0) is 45.0 Å². The van der Waals surface area contributed by atoms with Crippen LogP contribution in [0.1, 0.15) is 25.8 Å². The standard InChI is InChI=1S/C15H26N4.ClH/c1-13(2)18(3)15-6-5-14(11-17-15)12-19-9-4-7-16-8-10-19;/h5-6,11,13,16H,4,7-10,12H2,1-3H3;1H. The van der Waals surface area contributed by atoms with Gasteiger partial charge in [0.2, 0.25) is 0 Å². The zero-order valence-electron chi connectivity index (χ0n) is 12.8. The number of pyridine rings is 1. The summed E-state index contributed by atoms with van der Waals surface area (Å²) in [6.45, 7) is 9.93. The monoisotopic (exact) mass is 298 g/mol. The van der Waals surface area contributed by atoms with Crippen molar-refractivity contribution in [2.75, 3.05) is 38.1 Å². The fourth-order valence-electron chi connectivity index (χ4n) is 2.30. The molecule has 0 saturated carbocycles. The molecule has 20 heavy (non-hydrogen) atoms. The minimum absolute atomic E-state index is 0. The number of anilines is 1. The smallest absolute Gasteiger partial charge is 0.128 e. The first-order chi connectivity index (χ1) is 9.16. The van der Waals surface area contributed by atoms with Gasteiger partial charge >= 0.3 is 0 Å². The Morgan fingerprint density at radius 3 is 2.75 bits per heavy atom. The Hall–Kier alpha value is -0.840. The van der Waals surface area contributed by atoms with Gasteiger partial charge in [0.1, 0.15) is 5.82 Å². The molecule has 0 atom stereocenters. The lowest BCUT2D eigenvalue weighted by Gasteiger charge is -2.23. The summed E-state index contributed by atoms with van der Waals surface area (Å²) < 4.78 is 0. The van der Waals surface area contributed by atoms with Crippen molar-refractivity contribution in [3.63, 3.8) is 0 Å². The molecule has 0 aliphatic carbocycles. The van der Waals surface area contributed by atoms with Gasteiger partial charge in [-0.1, -0.05) is 6.07 Å². The second kappa shape index (κ2) is 8.45. The Balaban J connectivity index is 0.00000200. The largest absolute Gasteiger partial charge is 0.357 e. The highest BCUT2D eigenvalue weighted by Gasteiger charge is 2.10. The van der Waals surface area contributed by atoms with Gasteiger partial charge in [-0.25, -0.2) is 4.98 Å². The Morgan fingerprint density at radius 2 is 2.10 bits per heavy atom. The van der Waals surface area contributed by atoms with Crippen LogP contribution in [0, 0.1) is 0 Å². The zero-order valence-corrected chi connectivity index (χ0v) is 13.6. The summed E-state index contributed by atoms with van der Waals surface area (Å²) in [5, 5.41) is 3.44. The quantitative estimate of drug-likeness (QED) is 0.923. The van der Waals surface area contributed by atoms with Crippen LogP contribution in [0.15, 0.2) is 18.3 Å². The van der Waals surface area contributed by atoms with Crippen LogP contribution >= 0.6 is 12.4 Å². The zero-order chi connectivity index (χ0) is 13.7. The predicted octanol–water partition coefficient (Wildman–Crippen LogP) is 2.14. The van der Waals surface area contributed by atoms with E-state index in [9.17, 15) is 0 Å². The van der Waals surface area contributed by atoms with E-state index < -0.39 is 0 Å². The van der Waals surface area contributed by atoms with Crippen LogP contribution in [0.25, 0.3) is 0 Å². The van der Waals surface area contributed by atoms with E-state index in [-0.39, 0.29) is 12.4 Å². The molecule has 4 nitrogen and oxygen atoms in total. The van der Waals surface area contributed by atoms with E-state index in [2.05, 4.69) is 53.1 Å². The molecule has 0 spiro atoms. The third-order valence-electron chi connectivity index (χ3n) is 3.78. The number of rotatable bonds is 4. The molecule has 1 aliphatic heterocycles. The van der Waals surface area contributed by atoms with Gasteiger partial charge < -0.3 is 10.2 Å². The molecule has 1 fully saturated rings. The van der Waals surface area contributed by atoms with Crippen LogP contribution in [0.2, 0.25) is 0 Å². The molecule has 0 amide bonds. The summed E-state index contributed by atoms with van der Waals surface area (Å²) in [5.41, 5.74) is 1.31. The second-order valence-electron chi connectivity index (χ2n) is 5.61. The molecule has 1 N–H and O–H groups in total. The summed E-state index contributed by atoms with van der Waals surface area (Å²) in [5.74, 6) is 1.05. The molecule has 0 radical (unpaired) electrons. The highest BCUT2D eigenvalue weighted by Crippen LogP contribution is 2.13. The summed E-state index contributed by atoms with van der Waals surface area (Å²) in [7, 11) is 2.09. The minimum atomic E-state index is 0. The molecule has 1 saturated heterocycles. The van der Waals surface area contributed by atoms with Crippen LogP contribution in [-0.4, -0.2) is 49.2 Å². The Bertz CT molecular complexity index is 372. The Labute approximate surface area is 129 Å². The molecule has 1 aromatic heterocycles. The van der Waals surface area contributed by atoms with Gasteiger partial charge in [-0.15, -0.1) is 12.4 Å². The minimum Gasteiger partial charge on any atom is -0.357 e. The van der Waals surface area contributed by atoms with Crippen molar-refractivity contribution >= 4 is 18.2 Å². The van der Waals surface area contributed by atoms with Gasteiger partial charge in [-0.2, -0.15) is 0 Å². The van der Waals surface area contributed by atoms with Crippen molar-refractivity contribution in [1.82, 2.24) is 15.2 Å². The van der Waals surface area contributed by atoms with Crippen molar-refractivity contribution in [2.45, 2.75) is 32.9 Å². The predicted molar refractivity (Wildman–Crippen MR) is 87.8 cm³/mol. The van der Waals surface area contributed by atoms with Crippen molar-refractivity contribution in [3.8, 4) is 0 Å². The van der Waals surface area contributed by atoms with Crippen LogP contribution in [-0.2, 0) is 6.54 Å². The maximum absolute atomic E-state index is 4.57.